The average Bonchev–Trinajstić information content (AvgIpc) is 2.15. The Labute approximate surface area is 95.6 Å². The minimum atomic E-state index is -4.35. The second kappa shape index (κ2) is 5.27. The van der Waals surface area contributed by atoms with E-state index in [1.54, 1.807) is 0 Å². The third-order valence-corrected chi connectivity index (χ3v) is 2.10. The van der Waals surface area contributed by atoms with Crippen molar-refractivity contribution in [2.45, 2.75) is 13.1 Å². The summed E-state index contributed by atoms with van der Waals surface area (Å²) in [5.74, 6) is -0.978. The van der Waals surface area contributed by atoms with Crippen LogP contribution in [0.4, 0.5) is 17.6 Å². The van der Waals surface area contributed by atoms with Gasteiger partial charge in [-0.15, -0.1) is 0 Å². The van der Waals surface area contributed by atoms with Gasteiger partial charge in [0, 0.05) is 5.56 Å². The van der Waals surface area contributed by atoms with Gasteiger partial charge in [0.05, 0.1) is 13.1 Å². The van der Waals surface area contributed by atoms with Crippen LogP contribution in [-0.4, -0.2) is 25.0 Å². The van der Waals surface area contributed by atoms with Gasteiger partial charge in [-0.1, -0.05) is 0 Å². The van der Waals surface area contributed by atoms with Gasteiger partial charge in [-0.2, -0.15) is 13.2 Å². The highest BCUT2D eigenvalue weighted by Gasteiger charge is 2.26. The van der Waals surface area contributed by atoms with Gasteiger partial charge in [-0.3, -0.25) is 4.79 Å². The molecule has 0 aliphatic carbocycles. The third-order valence-electron chi connectivity index (χ3n) is 2.10. The number of hydrogen-bond acceptors (Lipinski definition) is 2. The molecule has 0 spiro atoms. The zero-order valence-corrected chi connectivity index (χ0v) is 9.07. The standard InChI is InChI=1S/C11H11F4NO/c1-7-4-8(12)2-3-9(7)10(17)5-16-6-11(13,14)15/h2-4,16H,5-6H2,1H3. The predicted octanol–water partition coefficient (Wildman–Crippen LogP) is 2.47. The molecule has 2 nitrogen and oxygen atoms in total. The largest absolute Gasteiger partial charge is 0.401 e. The number of carbonyl (C=O) groups is 1. The molecule has 0 fully saturated rings. The van der Waals surface area contributed by atoms with Crippen molar-refractivity contribution in [3.63, 3.8) is 0 Å². The summed E-state index contributed by atoms with van der Waals surface area (Å²) in [6.45, 7) is -0.120. The predicted molar refractivity (Wildman–Crippen MR) is 54.4 cm³/mol. The van der Waals surface area contributed by atoms with Crippen LogP contribution < -0.4 is 5.32 Å². The first kappa shape index (κ1) is 13.6. The Morgan fingerprint density at radius 1 is 1.35 bits per heavy atom. The Hall–Kier alpha value is -1.43. The summed E-state index contributed by atoms with van der Waals surface area (Å²) >= 11 is 0. The highest BCUT2D eigenvalue weighted by atomic mass is 19.4. The first-order chi connectivity index (χ1) is 7.79. The molecule has 0 atom stereocenters. The van der Waals surface area contributed by atoms with Crippen LogP contribution in [0.15, 0.2) is 18.2 Å². The molecule has 0 aromatic heterocycles. The molecule has 0 saturated carbocycles. The molecule has 0 bridgehead atoms. The summed E-state index contributed by atoms with van der Waals surface area (Å²) in [5, 5.41) is 2.00. The zero-order valence-electron chi connectivity index (χ0n) is 9.07. The zero-order chi connectivity index (χ0) is 13.1. The van der Waals surface area contributed by atoms with E-state index in [2.05, 4.69) is 0 Å². The SMILES string of the molecule is Cc1cc(F)ccc1C(=O)CNCC(F)(F)F. The third kappa shape index (κ3) is 4.52. The van der Waals surface area contributed by atoms with Crippen molar-refractivity contribution in [3.8, 4) is 0 Å². The van der Waals surface area contributed by atoms with Crippen LogP contribution in [0.1, 0.15) is 15.9 Å². The van der Waals surface area contributed by atoms with Crippen LogP contribution in [0.3, 0.4) is 0 Å². The molecular formula is C11H11F4NO. The molecule has 0 heterocycles. The molecule has 17 heavy (non-hydrogen) atoms. The van der Waals surface area contributed by atoms with E-state index in [4.69, 9.17) is 0 Å². The van der Waals surface area contributed by atoms with Gasteiger partial charge in [0.2, 0.25) is 0 Å². The number of benzene rings is 1. The van der Waals surface area contributed by atoms with Crippen molar-refractivity contribution < 1.29 is 22.4 Å². The fraction of sp³-hybridized carbons (Fsp3) is 0.364. The van der Waals surface area contributed by atoms with E-state index in [1.165, 1.54) is 13.0 Å². The Kier molecular flexibility index (Phi) is 4.22. The van der Waals surface area contributed by atoms with Gasteiger partial charge >= 0.3 is 6.18 Å². The highest BCUT2D eigenvalue weighted by Crippen LogP contribution is 2.13. The lowest BCUT2D eigenvalue weighted by Gasteiger charge is -2.08. The Morgan fingerprint density at radius 2 is 2.00 bits per heavy atom. The fourth-order valence-corrected chi connectivity index (χ4v) is 1.35. The molecule has 1 aromatic rings. The monoisotopic (exact) mass is 249 g/mol. The van der Waals surface area contributed by atoms with Gasteiger partial charge in [0.1, 0.15) is 5.82 Å². The normalized spacial score (nSPS) is 11.6. The quantitative estimate of drug-likeness (QED) is 0.656. The number of rotatable bonds is 4. The van der Waals surface area contributed by atoms with Gasteiger partial charge in [-0.25, -0.2) is 4.39 Å². The van der Waals surface area contributed by atoms with Crippen LogP contribution in [0.25, 0.3) is 0 Å². The first-order valence-corrected chi connectivity index (χ1v) is 4.86. The summed E-state index contributed by atoms with van der Waals surface area (Å²) < 4.78 is 48.2. The second-order valence-electron chi connectivity index (χ2n) is 3.60. The van der Waals surface area contributed by atoms with E-state index in [0.29, 0.717) is 5.56 Å². The minimum absolute atomic E-state index is 0.223. The van der Waals surface area contributed by atoms with Crippen LogP contribution in [0.5, 0.6) is 0 Å². The Morgan fingerprint density at radius 3 is 2.53 bits per heavy atom. The number of carbonyl (C=O) groups excluding carboxylic acids is 1. The molecule has 0 saturated heterocycles. The molecule has 94 valence electrons. The van der Waals surface area contributed by atoms with Gasteiger partial charge in [0.15, 0.2) is 5.78 Å². The van der Waals surface area contributed by atoms with E-state index in [9.17, 15) is 22.4 Å². The molecule has 1 aromatic carbocycles. The second-order valence-corrected chi connectivity index (χ2v) is 3.60. The average molecular weight is 249 g/mol. The number of Topliss-reactive ketones (excluding diaryl/α,β-unsaturated/α-hetero) is 1. The molecule has 6 heteroatoms. The molecular weight excluding hydrogens is 238 g/mol. The Bertz CT molecular complexity index is 414. The number of alkyl halides is 3. The molecule has 0 amide bonds. The highest BCUT2D eigenvalue weighted by molar-refractivity contribution is 5.98. The van der Waals surface area contributed by atoms with Crippen LogP contribution in [0.2, 0.25) is 0 Å². The van der Waals surface area contributed by atoms with Crippen molar-refractivity contribution in [1.82, 2.24) is 5.32 Å². The maximum atomic E-state index is 12.7. The topological polar surface area (TPSA) is 29.1 Å². The van der Waals surface area contributed by atoms with Crippen LogP contribution in [0, 0.1) is 12.7 Å². The summed E-state index contributed by atoms with van der Waals surface area (Å²) in [5.41, 5.74) is 0.630. The maximum absolute atomic E-state index is 12.7. The van der Waals surface area contributed by atoms with E-state index in [-0.39, 0.29) is 5.56 Å². The van der Waals surface area contributed by atoms with E-state index in [0.717, 1.165) is 12.1 Å². The number of nitrogens with one attached hydrogen (secondary N) is 1. The van der Waals surface area contributed by atoms with Crippen molar-refractivity contribution in [3.05, 3.63) is 35.1 Å². The number of ketones is 1. The van der Waals surface area contributed by atoms with E-state index >= 15 is 0 Å². The lowest BCUT2D eigenvalue weighted by Crippen LogP contribution is -2.33. The van der Waals surface area contributed by atoms with Crippen LogP contribution >= 0.6 is 0 Å². The fourth-order valence-electron chi connectivity index (χ4n) is 1.35. The van der Waals surface area contributed by atoms with E-state index in [1.807, 2.05) is 5.32 Å². The molecule has 0 aliphatic rings. The first-order valence-electron chi connectivity index (χ1n) is 4.86. The van der Waals surface area contributed by atoms with Crippen LogP contribution in [-0.2, 0) is 0 Å². The lowest BCUT2D eigenvalue weighted by atomic mass is 10.0. The molecule has 0 aliphatic heterocycles. The summed E-state index contributed by atoms with van der Waals surface area (Å²) in [4.78, 5) is 11.5. The van der Waals surface area contributed by atoms with Crippen molar-refractivity contribution >= 4 is 5.78 Å². The molecule has 0 unspecified atom stereocenters. The lowest BCUT2D eigenvalue weighted by molar-refractivity contribution is -0.124. The summed E-state index contributed by atoms with van der Waals surface area (Å²) in [6, 6.07) is 3.53. The number of hydrogen-bond donors (Lipinski definition) is 1. The van der Waals surface area contributed by atoms with Crippen molar-refractivity contribution in [1.29, 1.82) is 0 Å². The van der Waals surface area contributed by atoms with Crippen molar-refractivity contribution in [2.24, 2.45) is 0 Å². The minimum Gasteiger partial charge on any atom is -0.302 e. The number of halogens is 4. The van der Waals surface area contributed by atoms with Gasteiger partial charge in [0.25, 0.3) is 0 Å². The van der Waals surface area contributed by atoms with E-state index < -0.39 is 30.9 Å². The number of aryl methyl sites for hydroxylation is 1. The smallest absolute Gasteiger partial charge is 0.302 e. The summed E-state index contributed by atoms with van der Waals surface area (Å²) in [6.07, 6.45) is -4.35. The molecule has 0 radical (unpaired) electrons. The van der Waals surface area contributed by atoms with Crippen molar-refractivity contribution in [2.75, 3.05) is 13.1 Å². The molecule has 1 rings (SSSR count). The summed E-state index contributed by atoms with van der Waals surface area (Å²) in [7, 11) is 0. The Balaban J connectivity index is 2.59. The van der Waals surface area contributed by atoms with Gasteiger partial charge in [-0.05, 0) is 30.7 Å². The van der Waals surface area contributed by atoms with Gasteiger partial charge < -0.3 is 5.32 Å². The molecule has 1 N–H and O–H groups in total. The maximum Gasteiger partial charge on any atom is 0.401 e.